The third kappa shape index (κ3) is 3.73. The fourth-order valence-electron chi connectivity index (χ4n) is 3.00. The topological polar surface area (TPSA) is 83.6 Å². The van der Waals surface area contributed by atoms with Crippen LogP contribution in [0.15, 0.2) is 53.3 Å². The Labute approximate surface area is 166 Å². The monoisotopic (exact) mass is 391 g/mol. The van der Waals surface area contributed by atoms with Gasteiger partial charge in [0.1, 0.15) is 0 Å². The second-order valence-electron chi connectivity index (χ2n) is 6.45. The lowest BCUT2D eigenvalue weighted by Crippen LogP contribution is -2.12. The molecule has 4 aromatic rings. The van der Waals surface area contributed by atoms with Gasteiger partial charge in [-0.15, -0.1) is 0 Å². The van der Waals surface area contributed by atoms with Crippen molar-refractivity contribution < 1.29 is 0 Å². The van der Waals surface area contributed by atoms with Crippen LogP contribution in [0.2, 0.25) is 5.02 Å². The van der Waals surface area contributed by atoms with E-state index in [0.29, 0.717) is 16.7 Å². The Morgan fingerprint density at radius 3 is 2.57 bits per heavy atom. The molecule has 140 valence electrons. The summed E-state index contributed by atoms with van der Waals surface area (Å²) >= 11 is 5.93. The highest BCUT2D eigenvalue weighted by Gasteiger charge is 2.09. The van der Waals surface area contributed by atoms with Crippen molar-refractivity contribution in [3.63, 3.8) is 0 Å². The minimum atomic E-state index is -0.271. The van der Waals surface area contributed by atoms with Crippen LogP contribution < -0.4 is 10.9 Å². The smallest absolute Gasteiger partial charge is 0.252 e. The number of aryl methyl sites for hydroxylation is 2. The Morgan fingerprint density at radius 1 is 1.04 bits per heavy atom. The molecule has 0 aliphatic heterocycles. The lowest BCUT2D eigenvalue weighted by molar-refractivity contribution is 1.08. The summed E-state index contributed by atoms with van der Waals surface area (Å²) in [4.78, 5) is 28.3. The lowest BCUT2D eigenvalue weighted by atomic mass is 10.1. The molecule has 0 saturated carbocycles. The number of H-pyrrole nitrogens is 1. The van der Waals surface area contributed by atoms with Crippen LogP contribution in [0.25, 0.3) is 22.2 Å². The largest absolute Gasteiger partial charge is 0.294 e. The van der Waals surface area contributed by atoms with Crippen molar-refractivity contribution in [1.82, 2.24) is 19.9 Å². The lowest BCUT2D eigenvalue weighted by Gasteiger charge is -2.09. The van der Waals surface area contributed by atoms with E-state index in [0.717, 1.165) is 28.6 Å². The van der Waals surface area contributed by atoms with E-state index in [9.17, 15) is 4.79 Å². The first kappa shape index (κ1) is 18.1. The van der Waals surface area contributed by atoms with E-state index in [2.05, 4.69) is 44.3 Å². The van der Waals surface area contributed by atoms with Crippen LogP contribution in [0.1, 0.15) is 18.2 Å². The maximum atomic E-state index is 12.1. The molecule has 2 heterocycles. The fourth-order valence-corrected chi connectivity index (χ4v) is 3.12. The highest BCUT2D eigenvalue weighted by atomic mass is 35.5. The fraction of sp³-hybridized carbons (Fsp3) is 0.143. The molecule has 0 spiro atoms. The van der Waals surface area contributed by atoms with Crippen LogP contribution in [0.4, 0.5) is 11.9 Å². The average Bonchev–Trinajstić information content (AvgIpc) is 2.68. The van der Waals surface area contributed by atoms with Gasteiger partial charge in [-0.05, 0) is 43.2 Å². The summed E-state index contributed by atoms with van der Waals surface area (Å²) in [5, 5.41) is 4.65. The summed E-state index contributed by atoms with van der Waals surface area (Å²) in [5.74, 6) is 0.659. The van der Waals surface area contributed by atoms with Crippen LogP contribution in [-0.2, 0) is 6.42 Å². The molecular formula is C21H18ClN5O. The first-order chi connectivity index (χ1) is 13.5. The SMILES string of the molecule is CCc1ccc2nc(Nc3nc(-c4ccc(Cl)cc4)cc(=O)[nH]3)nc(C)c2c1. The summed E-state index contributed by atoms with van der Waals surface area (Å²) in [5.41, 5.74) is 3.99. The second kappa shape index (κ2) is 7.40. The number of nitrogens with zero attached hydrogens (tertiary/aromatic N) is 3. The highest BCUT2D eigenvalue weighted by molar-refractivity contribution is 6.30. The molecule has 28 heavy (non-hydrogen) atoms. The third-order valence-corrected chi connectivity index (χ3v) is 4.72. The first-order valence-electron chi connectivity index (χ1n) is 8.93. The molecule has 4 rings (SSSR count). The Kier molecular flexibility index (Phi) is 4.79. The van der Waals surface area contributed by atoms with Crippen LogP contribution in [0, 0.1) is 6.92 Å². The molecule has 0 fully saturated rings. The zero-order chi connectivity index (χ0) is 19.7. The molecule has 0 radical (unpaired) electrons. The molecule has 0 aliphatic carbocycles. The Balaban J connectivity index is 1.71. The average molecular weight is 392 g/mol. The Bertz CT molecular complexity index is 1220. The molecule has 0 saturated heterocycles. The molecule has 2 aromatic carbocycles. The van der Waals surface area contributed by atoms with Gasteiger partial charge in [-0.2, -0.15) is 0 Å². The van der Waals surface area contributed by atoms with Gasteiger partial charge < -0.3 is 0 Å². The molecule has 0 unspecified atom stereocenters. The standard InChI is InChI=1S/C21H18ClN5O/c1-3-13-4-9-17-16(10-13)12(2)23-20(24-17)27-21-25-18(11-19(28)26-21)14-5-7-15(22)8-6-14/h4-11H,3H2,1-2H3,(H2,23,24,25,26,27,28). The minimum absolute atomic E-state index is 0.271. The number of rotatable bonds is 4. The van der Waals surface area contributed by atoms with Crippen LogP contribution in [0.5, 0.6) is 0 Å². The molecule has 0 bridgehead atoms. The van der Waals surface area contributed by atoms with Gasteiger partial charge in [-0.1, -0.05) is 36.7 Å². The number of benzene rings is 2. The molecule has 0 amide bonds. The molecule has 2 N–H and O–H groups in total. The molecule has 2 aromatic heterocycles. The van der Waals surface area contributed by atoms with E-state index >= 15 is 0 Å². The van der Waals surface area contributed by atoms with Crippen molar-refractivity contribution in [2.75, 3.05) is 5.32 Å². The highest BCUT2D eigenvalue weighted by Crippen LogP contribution is 2.22. The van der Waals surface area contributed by atoms with Crippen molar-refractivity contribution in [1.29, 1.82) is 0 Å². The Hall–Kier alpha value is -3.25. The number of fused-ring (bicyclic) bond motifs is 1. The summed E-state index contributed by atoms with van der Waals surface area (Å²) in [7, 11) is 0. The zero-order valence-electron chi connectivity index (χ0n) is 15.5. The van der Waals surface area contributed by atoms with Gasteiger partial charge in [0.2, 0.25) is 11.9 Å². The predicted octanol–water partition coefficient (Wildman–Crippen LogP) is 4.65. The van der Waals surface area contributed by atoms with Gasteiger partial charge in [0.15, 0.2) is 0 Å². The number of aromatic nitrogens is 4. The van der Waals surface area contributed by atoms with E-state index in [1.165, 1.54) is 11.6 Å². The number of nitrogens with one attached hydrogen (secondary N) is 2. The zero-order valence-corrected chi connectivity index (χ0v) is 16.2. The van der Waals surface area contributed by atoms with E-state index < -0.39 is 0 Å². The normalized spacial score (nSPS) is 11.0. The van der Waals surface area contributed by atoms with E-state index in [-0.39, 0.29) is 11.5 Å². The van der Waals surface area contributed by atoms with Gasteiger partial charge in [0.05, 0.1) is 16.9 Å². The van der Waals surface area contributed by atoms with Crippen LogP contribution in [-0.4, -0.2) is 19.9 Å². The second-order valence-corrected chi connectivity index (χ2v) is 6.89. The van der Waals surface area contributed by atoms with Crippen LogP contribution >= 0.6 is 11.6 Å². The van der Waals surface area contributed by atoms with Gasteiger partial charge in [-0.3, -0.25) is 15.1 Å². The van der Waals surface area contributed by atoms with E-state index in [1.807, 2.05) is 25.1 Å². The molecule has 6 nitrogen and oxygen atoms in total. The van der Waals surface area contributed by atoms with Crippen molar-refractivity contribution in [2.24, 2.45) is 0 Å². The Morgan fingerprint density at radius 2 is 1.82 bits per heavy atom. The predicted molar refractivity (Wildman–Crippen MR) is 112 cm³/mol. The van der Waals surface area contributed by atoms with Gasteiger partial charge >= 0.3 is 0 Å². The van der Waals surface area contributed by atoms with Crippen molar-refractivity contribution >= 4 is 34.4 Å². The number of halogens is 1. The van der Waals surface area contributed by atoms with Gasteiger partial charge in [-0.25, -0.2) is 15.0 Å². The molecule has 0 atom stereocenters. The van der Waals surface area contributed by atoms with Crippen molar-refractivity contribution in [3.8, 4) is 11.3 Å². The third-order valence-electron chi connectivity index (χ3n) is 4.47. The van der Waals surface area contributed by atoms with E-state index in [4.69, 9.17) is 11.6 Å². The first-order valence-corrected chi connectivity index (χ1v) is 9.31. The number of aromatic amines is 1. The summed E-state index contributed by atoms with van der Waals surface area (Å²) in [6.45, 7) is 4.05. The summed E-state index contributed by atoms with van der Waals surface area (Å²) in [6.07, 6.45) is 0.956. The van der Waals surface area contributed by atoms with Crippen molar-refractivity contribution in [2.45, 2.75) is 20.3 Å². The summed E-state index contributed by atoms with van der Waals surface area (Å²) in [6, 6.07) is 14.7. The number of hydrogen-bond donors (Lipinski definition) is 2. The molecule has 7 heteroatoms. The van der Waals surface area contributed by atoms with Crippen molar-refractivity contribution in [3.05, 3.63) is 75.2 Å². The molecular weight excluding hydrogens is 374 g/mol. The number of anilines is 2. The quantitative estimate of drug-likeness (QED) is 0.529. The molecule has 0 aliphatic rings. The maximum absolute atomic E-state index is 12.1. The summed E-state index contributed by atoms with van der Waals surface area (Å²) < 4.78 is 0. The number of hydrogen-bond acceptors (Lipinski definition) is 5. The van der Waals surface area contributed by atoms with E-state index in [1.54, 1.807) is 12.1 Å². The minimum Gasteiger partial charge on any atom is -0.294 e. The van der Waals surface area contributed by atoms with Crippen LogP contribution in [0.3, 0.4) is 0 Å². The van der Waals surface area contributed by atoms with Gasteiger partial charge in [0, 0.05) is 22.0 Å². The maximum Gasteiger partial charge on any atom is 0.252 e. The van der Waals surface area contributed by atoms with Gasteiger partial charge in [0.25, 0.3) is 5.56 Å².